The summed E-state index contributed by atoms with van der Waals surface area (Å²) in [7, 11) is 0. The molecule has 3 aromatic rings. The number of rotatable bonds is 5. The van der Waals surface area contributed by atoms with Crippen molar-refractivity contribution in [1.82, 2.24) is 0 Å². The van der Waals surface area contributed by atoms with Crippen molar-refractivity contribution < 1.29 is 23.1 Å². The number of benzene rings is 2. The summed E-state index contributed by atoms with van der Waals surface area (Å²) >= 11 is 0. The molecule has 0 aliphatic heterocycles. The fourth-order valence-electron chi connectivity index (χ4n) is 2.56. The number of halogens is 1. The lowest BCUT2D eigenvalue weighted by molar-refractivity contribution is -0.142. The van der Waals surface area contributed by atoms with Gasteiger partial charge in [-0.15, -0.1) is 0 Å². The number of esters is 1. The van der Waals surface area contributed by atoms with Gasteiger partial charge >= 0.3 is 5.97 Å². The maximum Gasteiger partial charge on any atom is 0.310 e. The minimum Gasteiger partial charge on any atom is -0.466 e. The Morgan fingerprint density at radius 1 is 1.15 bits per heavy atom. The quantitative estimate of drug-likeness (QED) is 0.643. The highest BCUT2D eigenvalue weighted by atomic mass is 19.1. The zero-order valence-electron chi connectivity index (χ0n) is 14.4. The second-order valence-electron chi connectivity index (χ2n) is 5.68. The summed E-state index contributed by atoms with van der Waals surface area (Å²) in [5.74, 6) is -0.0710. The van der Waals surface area contributed by atoms with E-state index < -0.39 is 5.82 Å². The third kappa shape index (κ3) is 3.74. The highest BCUT2D eigenvalue weighted by Crippen LogP contribution is 2.26. The van der Waals surface area contributed by atoms with Crippen molar-refractivity contribution in [3.8, 4) is 11.5 Å². The molecule has 0 atom stereocenters. The molecule has 3 rings (SSSR count). The molecule has 5 nitrogen and oxygen atoms in total. The molecule has 0 N–H and O–H groups in total. The lowest BCUT2D eigenvalue weighted by Gasteiger charge is -2.09. The lowest BCUT2D eigenvalue weighted by atomic mass is 10.1. The molecule has 0 fully saturated rings. The van der Waals surface area contributed by atoms with Crippen molar-refractivity contribution in [3.05, 3.63) is 69.8 Å². The first-order valence-electron chi connectivity index (χ1n) is 8.13. The first kappa shape index (κ1) is 17.7. The number of carbonyl (C=O) groups excluding carboxylic acids is 1. The molecule has 0 bridgehead atoms. The number of hydrogen-bond donors (Lipinski definition) is 0. The molecule has 0 saturated carbocycles. The summed E-state index contributed by atoms with van der Waals surface area (Å²) in [5.41, 5.74) is 0.710. The fourth-order valence-corrected chi connectivity index (χ4v) is 2.56. The maximum atomic E-state index is 13.0. The Kier molecular flexibility index (Phi) is 5.02. The van der Waals surface area contributed by atoms with Gasteiger partial charge in [0, 0.05) is 0 Å². The number of fused-ring (bicyclic) bond motifs is 1. The van der Waals surface area contributed by atoms with Crippen LogP contribution in [0.3, 0.4) is 0 Å². The van der Waals surface area contributed by atoms with Crippen molar-refractivity contribution >= 4 is 16.9 Å². The highest BCUT2D eigenvalue weighted by molar-refractivity contribution is 5.81. The first-order chi connectivity index (χ1) is 12.5. The van der Waals surface area contributed by atoms with Gasteiger partial charge in [0.25, 0.3) is 0 Å². The molecule has 0 saturated heterocycles. The average molecular weight is 356 g/mol. The van der Waals surface area contributed by atoms with Crippen molar-refractivity contribution in [3.63, 3.8) is 0 Å². The van der Waals surface area contributed by atoms with E-state index in [1.54, 1.807) is 32.0 Å². The standard InChI is InChI=1S/C20H17FO5/c1-3-24-18(22)11-13-4-9-16-17(10-13)25-12(2)20(19(16)23)26-15-7-5-14(21)6-8-15/h4-10H,3,11H2,1-2H3. The largest absolute Gasteiger partial charge is 0.466 e. The smallest absolute Gasteiger partial charge is 0.310 e. The van der Waals surface area contributed by atoms with Crippen molar-refractivity contribution in [2.24, 2.45) is 0 Å². The zero-order chi connectivity index (χ0) is 18.7. The van der Waals surface area contributed by atoms with Gasteiger partial charge in [0.1, 0.15) is 22.9 Å². The van der Waals surface area contributed by atoms with Crippen LogP contribution in [0.5, 0.6) is 11.5 Å². The van der Waals surface area contributed by atoms with Crippen LogP contribution in [0, 0.1) is 12.7 Å². The molecule has 1 aromatic heterocycles. The Bertz CT molecular complexity index is 1010. The summed E-state index contributed by atoms with van der Waals surface area (Å²) < 4.78 is 29.2. The predicted molar refractivity (Wildman–Crippen MR) is 94.0 cm³/mol. The van der Waals surface area contributed by atoms with Gasteiger partial charge < -0.3 is 13.9 Å². The second-order valence-corrected chi connectivity index (χ2v) is 5.68. The van der Waals surface area contributed by atoms with Crippen molar-refractivity contribution in [1.29, 1.82) is 0 Å². The molecular formula is C20H17FO5. The summed E-state index contributed by atoms with van der Waals surface area (Å²) in [6, 6.07) is 10.3. The van der Waals surface area contributed by atoms with Crippen LogP contribution in [-0.4, -0.2) is 12.6 Å². The average Bonchev–Trinajstić information content (AvgIpc) is 2.60. The number of aryl methyl sites for hydroxylation is 1. The topological polar surface area (TPSA) is 65.7 Å². The number of carbonyl (C=O) groups is 1. The molecule has 1 heterocycles. The van der Waals surface area contributed by atoms with Gasteiger partial charge in [-0.05, 0) is 55.8 Å². The second kappa shape index (κ2) is 7.39. The molecule has 0 unspecified atom stereocenters. The van der Waals surface area contributed by atoms with Crippen molar-refractivity contribution in [2.45, 2.75) is 20.3 Å². The molecular weight excluding hydrogens is 339 g/mol. The third-order valence-corrected chi connectivity index (χ3v) is 3.77. The van der Waals surface area contributed by atoms with Crippen LogP contribution in [0.2, 0.25) is 0 Å². The minimum atomic E-state index is -0.395. The highest BCUT2D eigenvalue weighted by Gasteiger charge is 2.15. The van der Waals surface area contributed by atoms with E-state index in [0.29, 0.717) is 34.6 Å². The molecule has 6 heteroatoms. The molecule has 0 radical (unpaired) electrons. The lowest BCUT2D eigenvalue weighted by Crippen LogP contribution is -2.09. The van der Waals surface area contributed by atoms with Gasteiger partial charge in [-0.3, -0.25) is 9.59 Å². The Balaban J connectivity index is 1.96. The van der Waals surface area contributed by atoms with Crippen molar-refractivity contribution in [2.75, 3.05) is 6.61 Å². The number of hydrogen-bond acceptors (Lipinski definition) is 5. The number of ether oxygens (including phenoxy) is 2. The molecule has 26 heavy (non-hydrogen) atoms. The summed E-state index contributed by atoms with van der Waals surface area (Å²) in [6.45, 7) is 3.66. The van der Waals surface area contributed by atoms with E-state index in [9.17, 15) is 14.0 Å². The zero-order valence-corrected chi connectivity index (χ0v) is 14.4. The van der Waals surface area contributed by atoms with Crippen LogP contribution in [0.25, 0.3) is 11.0 Å². The van der Waals surface area contributed by atoms with Gasteiger partial charge in [-0.1, -0.05) is 6.07 Å². The van der Waals surface area contributed by atoms with Crippen LogP contribution in [-0.2, 0) is 16.0 Å². The van der Waals surface area contributed by atoms with Gasteiger partial charge in [-0.25, -0.2) is 4.39 Å². The molecule has 0 aliphatic carbocycles. The Labute approximate surface area is 149 Å². The van der Waals surface area contributed by atoms with Crippen LogP contribution < -0.4 is 10.2 Å². The first-order valence-corrected chi connectivity index (χ1v) is 8.13. The van der Waals surface area contributed by atoms with Gasteiger partial charge in [0.2, 0.25) is 11.2 Å². The maximum absolute atomic E-state index is 13.0. The molecule has 134 valence electrons. The van der Waals surface area contributed by atoms with Crippen LogP contribution in [0.4, 0.5) is 4.39 Å². The van der Waals surface area contributed by atoms with Crippen LogP contribution in [0.15, 0.2) is 51.7 Å². The van der Waals surface area contributed by atoms with E-state index in [-0.39, 0.29) is 23.6 Å². The molecule has 0 aliphatic rings. The van der Waals surface area contributed by atoms with Gasteiger partial charge in [0.15, 0.2) is 0 Å². The third-order valence-electron chi connectivity index (χ3n) is 3.77. The van der Waals surface area contributed by atoms with E-state index >= 15 is 0 Å². The monoisotopic (exact) mass is 356 g/mol. The van der Waals surface area contributed by atoms with E-state index in [0.717, 1.165) is 0 Å². The minimum absolute atomic E-state index is 0.0438. The summed E-state index contributed by atoms with van der Waals surface area (Å²) in [5, 5.41) is 0.334. The molecule has 0 spiro atoms. The molecule has 2 aromatic carbocycles. The van der Waals surface area contributed by atoms with Crippen LogP contribution >= 0.6 is 0 Å². The Morgan fingerprint density at radius 2 is 1.88 bits per heavy atom. The normalized spacial score (nSPS) is 10.7. The fraction of sp³-hybridized carbons (Fsp3) is 0.200. The predicted octanol–water partition coefficient (Wildman–Crippen LogP) is 4.14. The van der Waals surface area contributed by atoms with E-state index in [1.165, 1.54) is 24.3 Å². The Morgan fingerprint density at radius 3 is 2.58 bits per heavy atom. The van der Waals surface area contributed by atoms with E-state index in [4.69, 9.17) is 13.9 Å². The molecule has 0 amide bonds. The summed E-state index contributed by atoms with van der Waals surface area (Å²) in [6.07, 6.45) is 0.0976. The van der Waals surface area contributed by atoms with Gasteiger partial charge in [-0.2, -0.15) is 0 Å². The van der Waals surface area contributed by atoms with E-state index in [1.807, 2.05) is 0 Å². The van der Waals surface area contributed by atoms with Crippen LogP contribution in [0.1, 0.15) is 18.2 Å². The summed E-state index contributed by atoms with van der Waals surface area (Å²) in [4.78, 5) is 24.3. The van der Waals surface area contributed by atoms with Gasteiger partial charge in [0.05, 0.1) is 18.4 Å². The SMILES string of the molecule is CCOC(=O)Cc1ccc2c(=O)c(Oc3ccc(F)cc3)c(C)oc2c1. The Hall–Kier alpha value is -3.15. The van der Waals surface area contributed by atoms with E-state index in [2.05, 4.69) is 0 Å².